The minimum atomic E-state index is 0.103. The maximum atomic E-state index is 12.7. The van der Waals surface area contributed by atoms with Crippen LogP contribution in [0.1, 0.15) is 41.3 Å². The number of aryl methyl sites for hydroxylation is 1. The van der Waals surface area contributed by atoms with E-state index in [0.29, 0.717) is 18.0 Å². The zero-order chi connectivity index (χ0) is 14.5. The van der Waals surface area contributed by atoms with E-state index >= 15 is 0 Å². The Morgan fingerprint density at radius 1 is 1.50 bits per heavy atom. The second-order valence-electron chi connectivity index (χ2n) is 5.37. The summed E-state index contributed by atoms with van der Waals surface area (Å²) in [6.07, 6.45) is 2.25. The van der Waals surface area contributed by atoms with E-state index in [-0.39, 0.29) is 5.91 Å². The van der Waals surface area contributed by atoms with Gasteiger partial charge in [0.15, 0.2) is 0 Å². The fraction of sp³-hybridized carbons (Fsp3) is 0.471. The van der Waals surface area contributed by atoms with Gasteiger partial charge in [-0.1, -0.05) is 36.8 Å². The van der Waals surface area contributed by atoms with E-state index in [1.54, 1.807) is 0 Å². The number of amides is 1. The van der Waals surface area contributed by atoms with E-state index < -0.39 is 0 Å². The molecule has 2 N–H and O–H groups in total. The molecule has 0 aromatic heterocycles. The van der Waals surface area contributed by atoms with Gasteiger partial charge in [0.25, 0.3) is 5.91 Å². The molecule has 20 heavy (non-hydrogen) atoms. The quantitative estimate of drug-likeness (QED) is 0.837. The fourth-order valence-corrected chi connectivity index (χ4v) is 2.61. The van der Waals surface area contributed by atoms with Crippen molar-refractivity contribution in [1.29, 1.82) is 0 Å². The minimum Gasteiger partial charge on any atom is -0.338 e. The summed E-state index contributed by atoms with van der Waals surface area (Å²) >= 11 is 0. The molecule has 1 aromatic rings. The summed E-state index contributed by atoms with van der Waals surface area (Å²) in [5.74, 6) is 6.59. The third kappa shape index (κ3) is 3.20. The predicted octanol–water partition coefficient (Wildman–Crippen LogP) is 2.18. The zero-order valence-corrected chi connectivity index (χ0v) is 12.3. The summed E-state index contributed by atoms with van der Waals surface area (Å²) < 4.78 is 0. The number of rotatable bonds is 2. The van der Waals surface area contributed by atoms with Crippen LogP contribution in [0, 0.1) is 24.7 Å². The molecular weight excluding hydrogens is 248 g/mol. The fourth-order valence-electron chi connectivity index (χ4n) is 2.61. The molecule has 2 rings (SSSR count). The van der Waals surface area contributed by atoms with Crippen molar-refractivity contribution in [2.45, 2.75) is 26.7 Å². The molecule has 106 valence electrons. The maximum absolute atomic E-state index is 12.7. The second-order valence-corrected chi connectivity index (χ2v) is 5.37. The average molecular weight is 270 g/mol. The Kier molecular flexibility index (Phi) is 4.81. The number of benzene rings is 1. The van der Waals surface area contributed by atoms with E-state index in [0.717, 1.165) is 37.1 Å². The Morgan fingerprint density at radius 3 is 2.95 bits per heavy atom. The lowest BCUT2D eigenvalue weighted by Gasteiger charge is -2.17. The smallest absolute Gasteiger partial charge is 0.255 e. The lowest BCUT2D eigenvalue weighted by Crippen LogP contribution is -2.29. The molecule has 1 unspecified atom stereocenters. The van der Waals surface area contributed by atoms with Crippen molar-refractivity contribution in [2.24, 2.45) is 11.7 Å². The van der Waals surface area contributed by atoms with Crippen molar-refractivity contribution in [3.63, 3.8) is 0 Å². The molecule has 0 spiro atoms. The van der Waals surface area contributed by atoms with Gasteiger partial charge in [0.05, 0.1) is 12.1 Å². The lowest BCUT2D eigenvalue weighted by atomic mass is 10.0. The van der Waals surface area contributed by atoms with E-state index in [2.05, 4.69) is 18.8 Å². The van der Waals surface area contributed by atoms with Crippen LogP contribution in [0.5, 0.6) is 0 Å². The Morgan fingerprint density at radius 2 is 2.30 bits per heavy atom. The normalized spacial score (nSPS) is 17.8. The zero-order valence-electron chi connectivity index (χ0n) is 12.3. The molecule has 0 radical (unpaired) electrons. The number of hydrogen-bond donors (Lipinski definition) is 1. The van der Waals surface area contributed by atoms with Crippen LogP contribution in [0.4, 0.5) is 0 Å². The summed E-state index contributed by atoms with van der Waals surface area (Å²) in [5.41, 5.74) is 8.00. The number of carbonyl (C=O) groups is 1. The highest BCUT2D eigenvalue weighted by Gasteiger charge is 2.26. The molecular formula is C17H22N2O. The van der Waals surface area contributed by atoms with Gasteiger partial charge in [-0.25, -0.2) is 0 Å². The van der Waals surface area contributed by atoms with Crippen molar-refractivity contribution in [2.75, 3.05) is 19.6 Å². The highest BCUT2D eigenvalue weighted by molar-refractivity contribution is 5.97. The van der Waals surface area contributed by atoms with Crippen LogP contribution in [-0.4, -0.2) is 30.4 Å². The first-order chi connectivity index (χ1) is 9.65. The van der Waals surface area contributed by atoms with Crippen molar-refractivity contribution >= 4 is 5.91 Å². The molecule has 0 saturated carbocycles. The lowest BCUT2D eigenvalue weighted by molar-refractivity contribution is 0.0786. The highest BCUT2D eigenvalue weighted by atomic mass is 16.2. The van der Waals surface area contributed by atoms with Crippen molar-refractivity contribution in [3.8, 4) is 11.8 Å². The number of likely N-dealkylation sites (tertiary alicyclic amines) is 1. The van der Waals surface area contributed by atoms with Gasteiger partial charge in [0.2, 0.25) is 0 Å². The van der Waals surface area contributed by atoms with Crippen LogP contribution in [0.2, 0.25) is 0 Å². The number of nitrogens with zero attached hydrogens (tertiary/aromatic N) is 1. The molecule has 1 saturated heterocycles. The Balaban J connectivity index is 2.27. The van der Waals surface area contributed by atoms with Gasteiger partial charge in [0.1, 0.15) is 0 Å². The number of nitrogens with two attached hydrogens (primary N) is 1. The number of hydrogen-bond acceptors (Lipinski definition) is 2. The van der Waals surface area contributed by atoms with Crippen molar-refractivity contribution in [3.05, 3.63) is 34.9 Å². The predicted molar refractivity (Wildman–Crippen MR) is 81.4 cm³/mol. The largest absolute Gasteiger partial charge is 0.338 e. The SMILES string of the molecule is CCC1CCN(C(=O)c2cc(C)ccc2C#CCN)C1. The average Bonchev–Trinajstić information content (AvgIpc) is 2.94. The third-order valence-corrected chi connectivity index (χ3v) is 3.88. The molecule has 1 aromatic carbocycles. The van der Waals surface area contributed by atoms with Crippen LogP contribution < -0.4 is 5.73 Å². The molecule has 1 heterocycles. The van der Waals surface area contributed by atoms with Crippen LogP contribution in [-0.2, 0) is 0 Å². The summed E-state index contributed by atoms with van der Waals surface area (Å²) in [6, 6.07) is 5.83. The highest BCUT2D eigenvalue weighted by Crippen LogP contribution is 2.22. The Hall–Kier alpha value is -1.79. The molecule has 0 bridgehead atoms. The Labute approximate surface area is 121 Å². The molecule has 0 aliphatic carbocycles. The van der Waals surface area contributed by atoms with Gasteiger partial charge in [-0.2, -0.15) is 0 Å². The van der Waals surface area contributed by atoms with E-state index in [4.69, 9.17) is 5.73 Å². The molecule has 1 atom stereocenters. The first-order valence-electron chi connectivity index (χ1n) is 7.24. The molecule has 1 aliphatic rings. The third-order valence-electron chi connectivity index (χ3n) is 3.88. The van der Waals surface area contributed by atoms with E-state index in [1.807, 2.05) is 30.0 Å². The molecule has 3 nitrogen and oxygen atoms in total. The maximum Gasteiger partial charge on any atom is 0.255 e. The molecule has 3 heteroatoms. The molecule has 1 amide bonds. The van der Waals surface area contributed by atoms with Gasteiger partial charge >= 0.3 is 0 Å². The number of carbonyl (C=O) groups excluding carboxylic acids is 1. The second kappa shape index (κ2) is 6.58. The van der Waals surface area contributed by atoms with Gasteiger partial charge in [0, 0.05) is 18.7 Å². The molecule has 1 fully saturated rings. The van der Waals surface area contributed by atoms with Crippen LogP contribution in [0.15, 0.2) is 18.2 Å². The van der Waals surface area contributed by atoms with Crippen molar-refractivity contribution in [1.82, 2.24) is 4.90 Å². The summed E-state index contributed by atoms with van der Waals surface area (Å²) in [4.78, 5) is 14.6. The van der Waals surface area contributed by atoms with Gasteiger partial charge < -0.3 is 10.6 Å². The Bertz CT molecular complexity index is 554. The minimum absolute atomic E-state index is 0.103. The topological polar surface area (TPSA) is 46.3 Å². The van der Waals surface area contributed by atoms with Crippen LogP contribution in [0.3, 0.4) is 0 Å². The van der Waals surface area contributed by atoms with Crippen LogP contribution >= 0.6 is 0 Å². The first kappa shape index (κ1) is 14.6. The van der Waals surface area contributed by atoms with Gasteiger partial charge in [-0.15, -0.1) is 0 Å². The molecule has 1 aliphatic heterocycles. The van der Waals surface area contributed by atoms with Crippen molar-refractivity contribution < 1.29 is 4.79 Å². The van der Waals surface area contributed by atoms with Crippen LogP contribution in [0.25, 0.3) is 0 Å². The first-order valence-corrected chi connectivity index (χ1v) is 7.24. The van der Waals surface area contributed by atoms with Gasteiger partial charge in [-0.3, -0.25) is 4.79 Å². The summed E-state index contributed by atoms with van der Waals surface area (Å²) in [6.45, 7) is 6.21. The van der Waals surface area contributed by atoms with E-state index in [1.165, 1.54) is 0 Å². The summed E-state index contributed by atoms with van der Waals surface area (Å²) in [5, 5.41) is 0. The standard InChI is InChI=1S/C17H22N2O/c1-3-14-8-10-19(12-14)17(20)16-11-13(2)6-7-15(16)5-4-9-18/h6-7,11,14H,3,8-10,12,18H2,1-2H3. The van der Waals surface area contributed by atoms with E-state index in [9.17, 15) is 4.79 Å². The summed E-state index contributed by atoms with van der Waals surface area (Å²) in [7, 11) is 0. The van der Waals surface area contributed by atoms with Gasteiger partial charge in [-0.05, 0) is 31.4 Å². The monoisotopic (exact) mass is 270 g/mol.